The molecule has 0 amide bonds. The molecule has 1 aliphatic carbocycles. The number of para-hydroxylation sites is 3. The second kappa shape index (κ2) is 7.75. The van der Waals surface area contributed by atoms with Crippen molar-refractivity contribution >= 4 is 55.1 Å². The molecule has 3 heteroatoms. The second-order valence-corrected chi connectivity index (χ2v) is 10.5. The molecule has 0 saturated heterocycles. The Morgan fingerprint density at radius 2 is 1.33 bits per heavy atom. The Morgan fingerprint density at radius 1 is 0.564 bits per heavy atom. The predicted molar refractivity (Wildman–Crippen MR) is 161 cm³/mol. The molecule has 0 fully saturated rings. The lowest BCUT2D eigenvalue weighted by Gasteiger charge is -2.28. The first kappa shape index (κ1) is 21.0. The van der Waals surface area contributed by atoms with E-state index in [1.807, 2.05) is 12.1 Å². The van der Waals surface area contributed by atoms with Gasteiger partial charge in [-0.15, -0.1) is 0 Å². The summed E-state index contributed by atoms with van der Waals surface area (Å²) in [6.45, 7) is 0. The lowest BCUT2D eigenvalue weighted by atomic mass is 9.88. The lowest BCUT2D eigenvalue weighted by Crippen LogP contribution is -2.28. The van der Waals surface area contributed by atoms with Gasteiger partial charge >= 0.3 is 0 Å². The van der Waals surface area contributed by atoms with Gasteiger partial charge in [0.25, 0.3) is 0 Å². The third kappa shape index (κ3) is 2.82. The van der Waals surface area contributed by atoms with Crippen LogP contribution < -0.4 is 4.90 Å². The zero-order chi connectivity index (χ0) is 25.5. The van der Waals surface area contributed by atoms with E-state index in [9.17, 15) is 0 Å². The summed E-state index contributed by atoms with van der Waals surface area (Å²) < 4.78 is 8.56. The predicted octanol–water partition coefficient (Wildman–Crippen LogP) is 9.41. The standard InChI is InChI=1S/C36H24N2O/c1-2-10-23(11-3-1)37-29-15-7-4-13-26(29)35-31(37)19-20-32-36(35)27-14-5-8-16-30(27)38(32)24-18-21-34-28(22-24)25-12-6-9-17-33(25)39-34/h1-22,27,30H. The van der Waals surface area contributed by atoms with Crippen molar-refractivity contribution in [3.63, 3.8) is 0 Å². The first-order valence-electron chi connectivity index (χ1n) is 13.5. The molecule has 2 aromatic heterocycles. The number of anilines is 2. The number of hydrogen-bond acceptors (Lipinski definition) is 2. The molecule has 1 aliphatic heterocycles. The summed E-state index contributed by atoms with van der Waals surface area (Å²) in [7, 11) is 0. The first-order valence-corrected chi connectivity index (χ1v) is 13.5. The van der Waals surface area contributed by atoms with E-state index in [2.05, 4.69) is 131 Å². The van der Waals surface area contributed by atoms with Crippen LogP contribution in [-0.2, 0) is 0 Å². The van der Waals surface area contributed by atoms with Crippen LogP contribution in [0.5, 0.6) is 0 Å². The smallest absolute Gasteiger partial charge is 0.135 e. The van der Waals surface area contributed by atoms with Crippen LogP contribution in [0.25, 0.3) is 49.4 Å². The van der Waals surface area contributed by atoms with Crippen LogP contribution in [0.1, 0.15) is 11.5 Å². The van der Waals surface area contributed by atoms with Crippen molar-refractivity contribution in [2.24, 2.45) is 0 Å². The van der Waals surface area contributed by atoms with Gasteiger partial charge < -0.3 is 13.9 Å². The highest BCUT2D eigenvalue weighted by Crippen LogP contribution is 2.52. The van der Waals surface area contributed by atoms with E-state index in [1.165, 1.54) is 44.4 Å². The molecule has 5 aromatic carbocycles. The average Bonchev–Trinajstić information content (AvgIpc) is 3.64. The molecule has 0 bridgehead atoms. The molecule has 0 saturated carbocycles. The maximum Gasteiger partial charge on any atom is 0.135 e. The number of fused-ring (bicyclic) bond motifs is 10. The summed E-state index contributed by atoms with van der Waals surface area (Å²) in [5.74, 6) is 0.264. The highest BCUT2D eigenvalue weighted by molar-refractivity contribution is 6.14. The van der Waals surface area contributed by atoms with Crippen LogP contribution in [0.4, 0.5) is 11.4 Å². The number of nitrogens with zero attached hydrogens (tertiary/aromatic N) is 2. The Morgan fingerprint density at radius 3 is 2.26 bits per heavy atom. The number of allylic oxidation sites excluding steroid dienone is 2. The first-order chi connectivity index (χ1) is 19.4. The van der Waals surface area contributed by atoms with Crippen LogP contribution >= 0.6 is 0 Å². The van der Waals surface area contributed by atoms with Gasteiger partial charge in [-0.2, -0.15) is 0 Å². The molecule has 3 nitrogen and oxygen atoms in total. The topological polar surface area (TPSA) is 21.3 Å². The van der Waals surface area contributed by atoms with E-state index >= 15 is 0 Å². The molecule has 2 atom stereocenters. The normalized spacial score (nSPS) is 18.0. The van der Waals surface area contributed by atoms with Gasteiger partial charge in [0.15, 0.2) is 0 Å². The highest BCUT2D eigenvalue weighted by atomic mass is 16.3. The van der Waals surface area contributed by atoms with Crippen molar-refractivity contribution in [1.82, 2.24) is 4.57 Å². The monoisotopic (exact) mass is 500 g/mol. The summed E-state index contributed by atoms with van der Waals surface area (Å²) >= 11 is 0. The molecule has 184 valence electrons. The Kier molecular flexibility index (Phi) is 4.17. The van der Waals surface area contributed by atoms with E-state index in [0.717, 1.165) is 21.9 Å². The Hall–Kier alpha value is -5.02. The fraction of sp³-hybridized carbons (Fsp3) is 0.0556. The summed E-state index contributed by atoms with van der Waals surface area (Å²) in [5.41, 5.74) is 9.40. The van der Waals surface area contributed by atoms with E-state index in [4.69, 9.17) is 4.42 Å². The molecule has 9 rings (SSSR count). The third-order valence-electron chi connectivity index (χ3n) is 8.51. The average molecular weight is 501 g/mol. The lowest BCUT2D eigenvalue weighted by molar-refractivity contribution is 0.669. The summed E-state index contributed by atoms with van der Waals surface area (Å²) in [6.07, 6.45) is 9.13. The third-order valence-corrected chi connectivity index (χ3v) is 8.51. The zero-order valence-corrected chi connectivity index (χ0v) is 21.2. The number of rotatable bonds is 2. The molecule has 0 spiro atoms. The molecule has 39 heavy (non-hydrogen) atoms. The molecular weight excluding hydrogens is 476 g/mol. The second-order valence-electron chi connectivity index (χ2n) is 10.5. The Balaban J connectivity index is 1.34. The van der Waals surface area contributed by atoms with Gasteiger partial charge in [-0.25, -0.2) is 0 Å². The summed E-state index contributed by atoms with van der Waals surface area (Å²) in [5, 5.41) is 4.96. The maximum absolute atomic E-state index is 6.15. The minimum atomic E-state index is 0.213. The van der Waals surface area contributed by atoms with E-state index in [1.54, 1.807) is 0 Å². The minimum Gasteiger partial charge on any atom is -0.456 e. The van der Waals surface area contributed by atoms with Crippen LogP contribution in [0.2, 0.25) is 0 Å². The van der Waals surface area contributed by atoms with Crippen molar-refractivity contribution < 1.29 is 4.42 Å². The Bertz CT molecular complexity index is 2140. The van der Waals surface area contributed by atoms with E-state index in [0.29, 0.717) is 0 Å². The van der Waals surface area contributed by atoms with E-state index in [-0.39, 0.29) is 12.0 Å². The van der Waals surface area contributed by atoms with Gasteiger partial charge in [-0.1, -0.05) is 78.9 Å². The van der Waals surface area contributed by atoms with E-state index < -0.39 is 0 Å². The van der Waals surface area contributed by atoms with Gasteiger partial charge in [-0.3, -0.25) is 0 Å². The van der Waals surface area contributed by atoms with Gasteiger partial charge in [0.05, 0.1) is 17.1 Å². The summed E-state index contributed by atoms with van der Waals surface area (Å²) in [6, 6.07) is 39.3. The van der Waals surface area contributed by atoms with Gasteiger partial charge in [0, 0.05) is 44.5 Å². The number of benzene rings is 5. The SMILES string of the molecule is C1=CC2c3c(ccc4c3c3ccccc3n4-c3ccccc3)N(c3ccc4oc5ccccc5c4c3)C2C=C1. The van der Waals surface area contributed by atoms with Crippen LogP contribution in [0, 0.1) is 0 Å². The van der Waals surface area contributed by atoms with Gasteiger partial charge in [0.1, 0.15) is 11.2 Å². The van der Waals surface area contributed by atoms with Crippen molar-refractivity contribution in [2.45, 2.75) is 12.0 Å². The molecular formula is C36H24N2O. The van der Waals surface area contributed by atoms with Crippen LogP contribution in [0.15, 0.2) is 138 Å². The maximum atomic E-state index is 6.15. The summed E-state index contributed by atoms with van der Waals surface area (Å²) in [4.78, 5) is 2.52. The van der Waals surface area contributed by atoms with Crippen LogP contribution in [0.3, 0.4) is 0 Å². The minimum absolute atomic E-state index is 0.213. The Labute approximate surface area is 225 Å². The fourth-order valence-corrected chi connectivity index (χ4v) is 6.92. The number of aromatic nitrogens is 1. The molecule has 0 N–H and O–H groups in total. The molecule has 3 heterocycles. The van der Waals surface area contributed by atoms with Crippen molar-refractivity contribution in [3.8, 4) is 5.69 Å². The van der Waals surface area contributed by atoms with Crippen molar-refractivity contribution in [1.29, 1.82) is 0 Å². The molecule has 2 unspecified atom stereocenters. The largest absolute Gasteiger partial charge is 0.456 e. The highest BCUT2D eigenvalue weighted by Gasteiger charge is 2.39. The van der Waals surface area contributed by atoms with Gasteiger partial charge in [0.2, 0.25) is 0 Å². The van der Waals surface area contributed by atoms with Crippen molar-refractivity contribution in [2.75, 3.05) is 4.90 Å². The van der Waals surface area contributed by atoms with Gasteiger partial charge in [-0.05, 0) is 60.2 Å². The van der Waals surface area contributed by atoms with Crippen molar-refractivity contribution in [3.05, 3.63) is 139 Å². The fourth-order valence-electron chi connectivity index (χ4n) is 6.92. The zero-order valence-electron chi connectivity index (χ0n) is 21.2. The van der Waals surface area contributed by atoms with Crippen LogP contribution in [-0.4, -0.2) is 10.6 Å². The molecule has 7 aromatic rings. The molecule has 2 aliphatic rings. The quantitative estimate of drug-likeness (QED) is 0.236. The number of hydrogen-bond donors (Lipinski definition) is 0. The number of furan rings is 1. The molecule has 0 radical (unpaired) electrons.